The topological polar surface area (TPSA) is 58.6 Å². The number of rotatable bonds is 5. The molecule has 4 heteroatoms. The number of carbonyl (C=O) groups excluding carboxylic acids is 1. The van der Waals surface area contributed by atoms with Gasteiger partial charge in [0.1, 0.15) is 5.75 Å². The molecule has 0 aliphatic carbocycles. The van der Waals surface area contributed by atoms with Gasteiger partial charge >= 0.3 is 0 Å². The van der Waals surface area contributed by atoms with Gasteiger partial charge in [-0.2, -0.15) is 0 Å². The molecule has 1 rings (SSSR count). The lowest BCUT2D eigenvalue weighted by atomic mass is 10.1. The third-order valence-corrected chi connectivity index (χ3v) is 2.23. The lowest BCUT2D eigenvalue weighted by Crippen LogP contribution is -2.48. The van der Waals surface area contributed by atoms with E-state index < -0.39 is 5.54 Å². The molecule has 1 aromatic rings. The first-order chi connectivity index (χ1) is 7.93. The van der Waals surface area contributed by atoms with Gasteiger partial charge in [0.05, 0.1) is 12.1 Å². The van der Waals surface area contributed by atoms with E-state index in [0.29, 0.717) is 5.75 Å². The third kappa shape index (κ3) is 4.87. The van der Waals surface area contributed by atoms with Gasteiger partial charge in [-0.25, -0.2) is 0 Å². The lowest BCUT2D eigenvalue weighted by molar-refractivity contribution is -0.125. The molecule has 17 heavy (non-hydrogen) atoms. The van der Waals surface area contributed by atoms with Gasteiger partial charge in [0, 0.05) is 0 Å². The van der Waals surface area contributed by atoms with Crippen molar-refractivity contribution in [1.82, 2.24) is 5.32 Å². The zero-order valence-corrected chi connectivity index (χ0v) is 10.5. The largest absolute Gasteiger partial charge is 0.484 e. The van der Waals surface area contributed by atoms with Crippen molar-refractivity contribution >= 4 is 5.91 Å². The maximum atomic E-state index is 11.5. The molecule has 0 saturated carbocycles. The lowest BCUT2D eigenvalue weighted by Gasteiger charge is -2.23. The molecule has 2 N–H and O–H groups in total. The monoisotopic (exact) mass is 237 g/mol. The highest BCUT2D eigenvalue weighted by molar-refractivity contribution is 5.78. The Morgan fingerprint density at radius 1 is 1.47 bits per heavy atom. The van der Waals surface area contributed by atoms with Crippen LogP contribution >= 0.6 is 0 Å². The fourth-order valence-electron chi connectivity index (χ4n) is 1.31. The number of aliphatic hydroxyl groups is 1. The van der Waals surface area contributed by atoms with E-state index in [9.17, 15) is 4.79 Å². The van der Waals surface area contributed by atoms with Gasteiger partial charge < -0.3 is 15.2 Å². The molecular weight excluding hydrogens is 218 g/mol. The normalized spacial score (nSPS) is 11.1. The van der Waals surface area contributed by atoms with Crippen molar-refractivity contribution in [2.45, 2.75) is 26.3 Å². The zero-order chi connectivity index (χ0) is 12.9. The molecule has 0 spiro atoms. The second kappa shape index (κ2) is 5.68. The summed E-state index contributed by atoms with van der Waals surface area (Å²) >= 11 is 0. The highest BCUT2D eigenvalue weighted by atomic mass is 16.5. The first-order valence-electron chi connectivity index (χ1n) is 5.54. The predicted octanol–water partition coefficient (Wildman–Crippen LogP) is 1.26. The summed E-state index contributed by atoms with van der Waals surface area (Å²) in [5, 5.41) is 11.7. The minimum Gasteiger partial charge on any atom is -0.484 e. The third-order valence-electron chi connectivity index (χ3n) is 2.23. The van der Waals surface area contributed by atoms with Crippen molar-refractivity contribution in [1.29, 1.82) is 0 Å². The number of ether oxygens (including phenoxy) is 1. The summed E-state index contributed by atoms with van der Waals surface area (Å²) in [6, 6.07) is 7.50. The summed E-state index contributed by atoms with van der Waals surface area (Å²) in [4.78, 5) is 11.5. The van der Waals surface area contributed by atoms with E-state index >= 15 is 0 Å². The first-order valence-corrected chi connectivity index (χ1v) is 5.54. The summed E-state index contributed by atoms with van der Waals surface area (Å²) < 4.78 is 5.35. The van der Waals surface area contributed by atoms with E-state index in [1.54, 1.807) is 19.9 Å². The summed E-state index contributed by atoms with van der Waals surface area (Å²) in [5.41, 5.74) is 0.464. The number of hydrogen-bond acceptors (Lipinski definition) is 3. The Bertz CT molecular complexity index is 388. The maximum Gasteiger partial charge on any atom is 0.258 e. The summed E-state index contributed by atoms with van der Waals surface area (Å²) in [7, 11) is 0. The van der Waals surface area contributed by atoms with Crippen LogP contribution in [0.3, 0.4) is 0 Å². The van der Waals surface area contributed by atoms with Gasteiger partial charge in [0.2, 0.25) is 0 Å². The van der Waals surface area contributed by atoms with Gasteiger partial charge in [-0.1, -0.05) is 12.1 Å². The molecule has 0 heterocycles. The molecular formula is C13H19NO3. The average molecular weight is 237 g/mol. The molecule has 0 unspecified atom stereocenters. The van der Waals surface area contributed by atoms with E-state index in [4.69, 9.17) is 9.84 Å². The standard InChI is InChI=1S/C13H19NO3/c1-10-5-4-6-11(7-10)17-8-12(16)14-13(2,3)9-15/h4-7,15H,8-9H2,1-3H3,(H,14,16). The molecule has 0 saturated heterocycles. The van der Waals surface area contributed by atoms with Crippen LogP contribution in [0.5, 0.6) is 5.75 Å². The van der Waals surface area contributed by atoms with Crippen molar-refractivity contribution < 1.29 is 14.6 Å². The number of amides is 1. The Morgan fingerprint density at radius 3 is 2.76 bits per heavy atom. The Balaban J connectivity index is 2.44. The van der Waals surface area contributed by atoms with Crippen LogP contribution in [0.1, 0.15) is 19.4 Å². The van der Waals surface area contributed by atoms with Gasteiger partial charge in [-0.15, -0.1) is 0 Å². The van der Waals surface area contributed by atoms with E-state index in [1.807, 2.05) is 25.1 Å². The van der Waals surface area contributed by atoms with Crippen LogP contribution in [-0.2, 0) is 4.79 Å². The van der Waals surface area contributed by atoms with Crippen LogP contribution in [0.4, 0.5) is 0 Å². The number of aryl methyl sites for hydroxylation is 1. The first kappa shape index (κ1) is 13.5. The highest BCUT2D eigenvalue weighted by Gasteiger charge is 2.19. The Morgan fingerprint density at radius 2 is 2.18 bits per heavy atom. The average Bonchev–Trinajstić information content (AvgIpc) is 2.26. The molecule has 0 aliphatic rings. The predicted molar refractivity (Wildman–Crippen MR) is 66.0 cm³/mol. The highest BCUT2D eigenvalue weighted by Crippen LogP contribution is 2.12. The van der Waals surface area contributed by atoms with Crippen molar-refractivity contribution in [3.8, 4) is 5.75 Å². The number of nitrogens with one attached hydrogen (secondary N) is 1. The molecule has 94 valence electrons. The van der Waals surface area contributed by atoms with Gasteiger partial charge in [0.25, 0.3) is 5.91 Å². The molecule has 1 amide bonds. The van der Waals surface area contributed by atoms with Crippen LogP contribution < -0.4 is 10.1 Å². The molecule has 0 aliphatic heterocycles. The summed E-state index contributed by atoms with van der Waals surface area (Å²) in [5.74, 6) is 0.424. The van der Waals surface area contributed by atoms with Crippen molar-refractivity contribution in [3.05, 3.63) is 29.8 Å². The van der Waals surface area contributed by atoms with E-state index in [-0.39, 0.29) is 19.1 Å². The number of hydrogen-bond donors (Lipinski definition) is 2. The molecule has 0 fully saturated rings. The maximum absolute atomic E-state index is 11.5. The summed E-state index contributed by atoms with van der Waals surface area (Å²) in [6.07, 6.45) is 0. The molecule has 0 atom stereocenters. The fraction of sp³-hybridized carbons (Fsp3) is 0.462. The molecule has 0 radical (unpaired) electrons. The smallest absolute Gasteiger partial charge is 0.258 e. The van der Waals surface area contributed by atoms with E-state index in [0.717, 1.165) is 5.56 Å². The van der Waals surface area contributed by atoms with Gasteiger partial charge in [-0.3, -0.25) is 4.79 Å². The van der Waals surface area contributed by atoms with Crippen molar-refractivity contribution in [2.24, 2.45) is 0 Å². The second-order valence-corrected chi connectivity index (χ2v) is 4.70. The Labute approximate surface area is 102 Å². The molecule has 0 aromatic heterocycles. The minimum absolute atomic E-state index is 0.0487. The SMILES string of the molecule is Cc1cccc(OCC(=O)NC(C)(C)CO)c1. The Kier molecular flexibility index (Phi) is 4.52. The molecule has 1 aromatic carbocycles. The van der Waals surface area contributed by atoms with Crippen LogP contribution in [0.2, 0.25) is 0 Å². The number of aliphatic hydroxyl groups excluding tert-OH is 1. The minimum atomic E-state index is -0.618. The fourth-order valence-corrected chi connectivity index (χ4v) is 1.31. The van der Waals surface area contributed by atoms with Crippen molar-refractivity contribution in [2.75, 3.05) is 13.2 Å². The molecule has 0 bridgehead atoms. The Hall–Kier alpha value is -1.55. The van der Waals surface area contributed by atoms with Crippen LogP contribution in [0, 0.1) is 6.92 Å². The quantitative estimate of drug-likeness (QED) is 0.810. The molecule has 4 nitrogen and oxygen atoms in total. The van der Waals surface area contributed by atoms with Crippen molar-refractivity contribution in [3.63, 3.8) is 0 Å². The number of carbonyl (C=O) groups is 1. The van der Waals surface area contributed by atoms with Crippen LogP contribution in [-0.4, -0.2) is 29.8 Å². The van der Waals surface area contributed by atoms with Gasteiger partial charge in [0.15, 0.2) is 6.61 Å². The van der Waals surface area contributed by atoms with E-state index in [1.165, 1.54) is 0 Å². The zero-order valence-electron chi connectivity index (χ0n) is 10.5. The van der Waals surface area contributed by atoms with E-state index in [2.05, 4.69) is 5.32 Å². The number of benzene rings is 1. The van der Waals surface area contributed by atoms with Crippen LogP contribution in [0.25, 0.3) is 0 Å². The van der Waals surface area contributed by atoms with Crippen LogP contribution in [0.15, 0.2) is 24.3 Å². The second-order valence-electron chi connectivity index (χ2n) is 4.70. The summed E-state index contributed by atoms with van der Waals surface area (Å²) in [6.45, 7) is 5.30. The van der Waals surface area contributed by atoms with Gasteiger partial charge in [-0.05, 0) is 38.5 Å².